The molecule has 112 valence electrons. The van der Waals surface area contributed by atoms with E-state index in [-0.39, 0.29) is 34.5 Å². The van der Waals surface area contributed by atoms with Crippen LogP contribution in [-0.4, -0.2) is 47.3 Å². The minimum absolute atomic E-state index is 0.0906. The molecular weight excluding hydrogens is 296 g/mol. The van der Waals surface area contributed by atoms with Gasteiger partial charge in [0.25, 0.3) is 0 Å². The van der Waals surface area contributed by atoms with E-state index < -0.39 is 5.97 Å². The highest BCUT2D eigenvalue weighted by molar-refractivity contribution is 6.34. The molecular formula is C14H15ClN2O4. The van der Waals surface area contributed by atoms with Crippen LogP contribution in [0.5, 0.6) is 0 Å². The number of urea groups is 1. The van der Waals surface area contributed by atoms with E-state index in [0.29, 0.717) is 13.1 Å². The van der Waals surface area contributed by atoms with Crippen molar-refractivity contribution in [2.45, 2.75) is 25.0 Å². The fourth-order valence-electron chi connectivity index (χ4n) is 2.82. The molecule has 2 fully saturated rings. The van der Waals surface area contributed by atoms with E-state index >= 15 is 0 Å². The lowest BCUT2D eigenvalue weighted by Gasteiger charge is -2.32. The molecule has 0 aliphatic carbocycles. The van der Waals surface area contributed by atoms with E-state index in [9.17, 15) is 14.7 Å². The van der Waals surface area contributed by atoms with Crippen LogP contribution in [-0.2, 0) is 4.74 Å². The van der Waals surface area contributed by atoms with Gasteiger partial charge < -0.3 is 20.1 Å². The summed E-state index contributed by atoms with van der Waals surface area (Å²) in [5.74, 6) is -1.17. The second kappa shape index (κ2) is 5.54. The van der Waals surface area contributed by atoms with Crippen LogP contribution in [0, 0.1) is 0 Å². The van der Waals surface area contributed by atoms with Crippen LogP contribution in [0.25, 0.3) is 0 Å². The Labute approximate surface area is 126 Å². The summed E-state index contributed by atoms with van der Waals surface area (Å²) in [6, 6.07) is 4.30. The average Bonchev–Trinajstić information content (AvgIpc) is 2.77. The molecule has 7 heteroatoms. The van der Waals surface area contributed by atoms with Gasteiger partial charge in [-0.05, 0) is 25.0 Å². The first-order valence-corrected chi connectivity index (χ1v) is 7.15. The summed E-state index contributed by atoms with van der Waals surface area (Å²) in [4.78, 5) is 25.2. The zero-order valence-electron chi connectivity index (χ0n) is 11.2. The Bertz CT molecular complexity index is 580. The average molecular weight is 311 g/mol. The quantitative estimate of drug-likeness (QED) is 0.879. The Morgan fingerprint density at radius 2 is 1.95 bits per heavy atom. The fourth-order valence-corrected chi connectivity index (χ4v) is 3.08. The molecule has 21 heavy (non-hydrogen) atoms. The number of hydrogen-bond acceptors (Lipinski definition) is 3. The number of amides is 2. The lowest BCUT2D eigenvalue weighted by Crippen LogP contribution is -2.47. The van der Waals surface area contributed by atoms with E-state index in [1.807, 2.05) is 0 Å². The number of rotatable bonds is 2. The molecule has 0 saturated carbocycles. The SMILES string of the molecule is O=C(O)c1c(Cl)cccc1NC(=O)N1CC2CCC(C1)O2. The van der Waals surface area contributed by atoms with Crippen LogP contribution >= 0.6 is 11.6 Å². The third kappa shape index (κ3) is 2.82. The molecule has 0 spiro atoms. The van der Waals surface area contributed by atoms with Gasteiger partial charge in [-0.2, -0.15) is 0 Å². The Hall–Kier alpha value is -1.79. The molecule has 2 bridgehead atoms. The first kappa shape index (κ1) is 14.2. The molecule has 1 aromatic carbocycles. The van der Waals surface area contributed by atoms with Crippen molar-refractivity contribution in [3.63, 3.8) is 0 Å². The van der Waals surface area contributed by atoms with Gasteiger partial charge >= 0.3 is 12.0 Å². The van der Waals surface area contributed by atoms with E-state index in [1.165, 1.54) is 12.1 Å². The van der Waals surface area contributed by atoms with Gasteiger partial charge in [0.05, 0.1) is 22.9 Å². The largest absolute Gasteiger partial charge is 0.478 e. The Morgan fingerprint density at radius 1 is 1.29 bits per heavy atom. The summed E-state index contributed by atoms with van der Waals surface area (Å²) in [7, 11) is 0. The van der Waals surface area contributed by atoms with Crippen LogP contribution < -0.4 is 5.32 Å². The van der Waals surface area contributed by atoms with E-state index in [0.717, 1.165) is 12.8 Å². The van der Waals surface area contributed by atoms with Crippen molar-refractivity contribution in [1.82, 2.24) is 4.90 Å². The summed E-state index contributed by atoms with van der Waals surface area (Å²) in [6.07, 6.45) is 2.11. The molecule has 6 nitrogen and oxygen atoms in total. The molecule has 2 aliphatic rings. The molecule has 2 unspecified atom stereocenters. The highest BCUT2D eigenvalue weighted by atomic mass is 35.5. The lowest BCUT2D eigenvalue weighted by atomic mass is 10.2. The molecule has 2 atom stereocenters. The van der Waals surface area contributed by atoms with Crippen LogP contribution in [0.15, 0.2) is 18.2 Å². The number of nitrogens with one attached hydrogen (secondary N) is 1. The van der Waals surface area contributed by atoms with Gasteiger partial charge in [0, 0.05) is 13.1 Å². The number of carbonyl (C=O) groups is 2. The van der Waals surface area contributed by atoms with Crippen molar-refractivity contribution >= 4 is 29.3 Å². The third-order valence-electron chi connectivity index (χ3n) is 3.80. The van der Waals surface area contributed by atoms with Gasteiger partial charge in [-0.3, -0.25) is 0 Å². The highest BCUT2D eigenvalue weighted by Crippen LogP contribution is 2.28. The number of morpholine rings is 1. The fraction of sp³-hybridized carbons (Fsp3) is 0.429. The van der Waals surface area contributed by atoms with Gasteiger partial charge in [0.2, 0.25) is 0 Å². The minimum Gasteiger partial charge on any atom is -0.478 e. The predicted molar refractivity (Wildman–Crippen MR) is 76.9 cm³/mol. The summed E-state index contributed by atoms with van der Waals surface area (Å²) in [5.41, 5.74) is 0.114. The van der Waals surface area contributed by atoms with Gasteiger partial charge in [-0.1, -0.05) is 17.7 Å². The highest BCUT2D eigenvalue weighted by Gasteiger charge is 2.36. The number of carboxylic acids is 1. The number of halogens is 1. The molecule has 2 N–H and O–H groups in total. The molecule has 2 amide bonds. The maximum absolute atomic E-state index is 12.3. The number of carboxylic acid groups (broad SMARTS) is 1. The minimum atomic E-state index is -1.17. The number of likely N-dealkylation sites (tertiary alicyclic amines) is 1. The number of ether oxygens (including phenoxy) is 1. The Kier molecular flexibility index (Phi) is 3.73. The van der Waals surface area contributed by atoms with Crippen molar-refractivity contribution < 1.29 is 19.4 Å². The third-order valence-corrected chi connectivity index (χ3v) is 4.11. The molecule has 0 aromatic heterocycles. The maximum Gasteiger partial charge on any atom is 0.339 e. The number of aromatic carboxylic acids is 1. The summed E-state index contributed by atoms with van der Waals surface area (Å²) < 4.78 is 5.67. The van der Waals surface area contributed by atoms with Crippen LogP contribution in [0.1, 0.15) is 23.2 Å². The molecule has 0 radical (unpaired) electrons. The van der Waals surface area contributed by atoms with Crippen molar-refractivity contribution in [2.75, 3.05) is 18.4 Å². The second-order valence-electron chi connectivity index (χ2n) is 5.26. The number of hydrogen-bond donors (Lipinski definition) is 2. The lowest BCUT2D eigenvalue weighted by molar-refractivity contribution is -0.0219. The normalized spacial score (nSPS) is 24.0. The van der Waals surface area contributed by atoms with Crippen molar-refractivity contribution in [2.24, 2.45) is 0 Å². The van der Waals surface area contributed by atoms with E-state index in [4.69, 9.17) is 16.3 Å². The Morgan fingerprint density at radius 3 is 2.57 bits per heavy atom. The Balaban J connectivity index is 1.76. The zero-order valence-corrected chi connectivity index (χ0v) is 12.0. The number of fused-ring (bicyclic) bond motifs is 2. The van der Waals surface area contributed by atoms with Crippen LogP contribution in [0.2, 0.25) is 5.02 Å². The number of anilines is 1. The predicted octanol–water partition coefficient (Wildman–Crippen LogP) is 2.43. The smallest absolute Gasteiger partial charge is 0.339 e. The van der Waals surface area contributed by atoms with Crippen LogP contribution in [0.4, 0.5) is 10.5 Å². The van der Waals surface area contributed by atoms with Gasteiger partial charge in [-0.25, -0.2) is 9.59 Å². The standard InChI is InChI=1S/C14H15ClN2O4/c15-10-2-1-3-11(12(10)13(18)19)16-14(20)17-6-8-4-5-9(7-17)21-8/h1-3,8-9H,4-7H2,(H,16,20)(H,18,19). The van der Waals surface area contributed by atoms with Gasteiger partial charge in [0.15, 0.2) is 0 Å². The number of carbonyl (C=O) groups excluding carboxylic acids is 1. The molecule has 1 aromatic rings. The number of benzene rings is 1. The second-order valence-corrected chi connectivity index (χ2v) is 5.67. The molecule has 2 heterocycles. The zero-order chi connectivity index (χ0) is 15.0. The number of nitrogens with zero attached hydrogens (tertiary/aromatic N) is 1. The molecule has 2 saturated heterocycles. The van der Waals surface area contributed by atoms with Gasteiger partial charge in [0.1, 0.15) is 5.56 Å². The molecule has 2 aliphatic heterocycles. The van der Waals surface area contributed by atoms with Crippen LogP contribution in [0.3, 0.4) is 0 Å². The monoisotopic (exact) mass is 310 g/mol. The topological polar surface area (TPSA) is 78.9 Å². The first-order chi connectivity index (χ1) is 10.0. The van der Waals surface area contributed by atoms with E-state index in [2.05, 4.69) is 5.32 Å². The maximum atomic E-state index is 12.3. The summed E-state index contributed by atoms with van der Waals surface area (Å²) in [5, 5.41) is 11.9. The summed E-state index contributed by atoms with van der Waals surface area (Å²) in [6.45, 7) is 1.07. The van der Waals surface area contributed by atoms with Crippen molar-refractivity contribution in [1.29, 1.82) is 0 Å². The molecule has 3 rings (SSSR count). The van der Waals surface area contributed by atoms with Crippen molar-refractivity contribution in [3.05, 3.63) is 28.8 Å². The van der Waals surface area contributed by atoms with Gasteiger partial charge in [-0.15, -0.1) is 0 Å². The summed E-state index contributed by atoms with van der Waals surface area (Å²) >= 11 is 5.88. The van der Waals surface area contributed by atoms with Crippen molar-refractivity contribution in [3.8, 4) is 0 Å². The first-order valence-electron chi connectivity index (χ1n) is 6.78. The van der Waals surface area contributed by atoms with E-state index in [1.54, 1.807) is 11.0 Å².